The molecular weight excluding hydrogens is 256 g/mol. The van der Waals surface area contributed by atoms with E-state index >= 15 is 0 Å². The van der Waals surface area contributed by atoms with Crippen LogP contribution >= 0.6 is 0 Å². The number of hydrogen-bond acceptors (Lipinski definition) is 1. The lowest BCUT2D eigenvalue weighted by Crippen LogP contribution is -1.86. The molecule has 0 amide bonds. The molecule has 0 aliphatic rings. The molecular formula is C19H10N2. The van der Waals surface area contributed by atoms with Gasteiger partial charge in [0, 0.05) is 16.2 Å². The normalized spacial score (nSPS) is 11.8. The smallest absolute Gasteiger partial charge is 0.101 e. The second-order valence-corrected chi connectivity index (χ2v) is 5.40. The van der Waals surface area contributed by atoms with Crippen molar-refractivity contribution in [3.63, 3.8) is 0 Å². The van der Waals surface area contributed by atoms with Crippen LogP contribution in [0.2, 0.25) is 0 Å². The topological polar surface area (TPSA) is 28.2 Å². The number of rotatable bonds is 0. The highest BCUT2D eigenvalue weighted by atomic mass is 14.9. The van der Waals surface area contributed by atoms with E-state index in [-0.39, 0.29) is 0 Å². The molecule has 2 nitrogen and oxygen atoms in total. The molecule has 3 heterocycles. The van der Waals surface area contributed by atoms with E-state index in [0.717, 1.165) is 22.0 Å². The summed E-state index contributed by atoms with van der Waals surface area (Å²) in [5.74, 6) is 0. The summed E-state index contributed by atoms with van der Waals surface area (Å²) in [7, 11) is 0. The van der Waals surface area contributed by atoms with Crippen LogP contribution in [0.5, 0.6) is 0 Å². The fourth-order valence-corrected chi connectivity index (χ4v) is 3.49. The fraction of sp³-hybridized carbons (Fsp3) is 0. The maximum atomic E-state index is 9.51. The van der Waals surface area contributed by atoms with Crippen molar-refractivity contribution in [1.29, 1.82) is 5.26 Å². The van der Waals surface area contributed by atoms with Crippen LogP contribution in [-0.4, -0.2) is 4.40 Å². The van der Waals surface area contributed by atoms with Gasteiger partial charge < -0.3 is 4.40 Å². The van der Waals surface area contributed by atoms with Crippen LogP contribution in [0.25, 0.3) is 38.1 Å². The van der Waals surface area contributed by atoms with E-state index in [1.807, 2.05) is 18.2 Å². The van der Waals surface area contributed by atoms with E-state index in [1.54, 1.807) is 0 Å². The van der Waals surface area contributed by atoms with Crippen molar-refractivity contribution in [1.82, 2.24) is 4.40 Å². The lowest BCUT2D eigenvalue weighted by Gasteiger charge is -2.04. The first-order chi connectivity index (χ1) is 10.4. The Morgan fingerprint density at radius 3 is 2.10 bits per heavy atom. The summed E-state index contributed by atoms with van der Waals surface area (Å²) in [4.78, 5) is 0. The van der Waals surface area contributed by atoms with Crippen molar-refractivity contribution in [2.24, 2.45) is 0 Å². The van der Waals surface area contributed by atoms with Crippen molar-refractivity contribution in [3.05, 3.63) is 66.2 Å². The number of nitriles is 1. The Bertz CT molecular complexity index is 1190. The molecule has 5 aromatic rings. The number of nitrogens with zero attached hydrogens (tertiary/aromatic N) is 2. The van der Waals surface area contributed by atoms with E-state index in [9.17, 15) is 5.26 Å². The third kappa shape index (κ3) is 1.17. The van der Waals surface area contributed by atoms with Crippen LogP contribution < -0.4 is 0 Å². The minimum atomic E-state index is 0.748. The van der Waals surface area contributed by atoms with Gasteiger partial charge in [-0.15, -0.1) is 0 Å². The van der Waals surface area contributed by atoms with Gasteiger partial charge in [-0.3, -0.25) is 0 Å². The van der Waals surface area contributed by atoms with Gasteiger partial charge >= 0.3 is 0 Å². The Hall–Kier alpha value is -3.05. The van der Waals surface area contributed by atoms with E-state index < -0.39 is 0 Å². The molecule has 2 aromatic carbocycles. The van der Waals surface area contributed by atoms with E-state index in [0.29, 0.717) is 0 Å². The van der Waals surface area contributed by atoms with Gasteiger partial charge in [0.2, 0.25) is 0 Å². The first-order valence-electron chi connectivity index (χ1n) is 6.95. The summed E-state index contributed by atoms with van der Waals surface area (Å²) >= 11 is 0. The SMILES string of the molecule is N#Cc1cc2c3ccccc3c3cc4ccccc4c1n23. The maximum absolute atomic E-state index is 9.51. The Morgan fingerprint density at radius 2 is 1.38 bits per heavy atom. The molecule has 0 aliphatic heterocycles. The Kier molecular flexibility index (Phi) is 1.80. The van der Waals surface area contributed by atoms with Crippen molar-refractivity contribution >= 4 is 38.1 Å². The molecule has 0 radical (unpaired) electrons. The molecule has 0 saturated heterocycles. The summed E-state index contributed by atoms with van der Waals surface area (Å²) in [6, 6.07) is 23.3. The van der Waals surface area contributed by atoms with Gasteiger partial charge in [-0.2, -0.15) is 5.26 Å². The average molecular weight is 266 g/mol. The van der Waals surface area contributed by atoms with Crippen molar-refractivity contribution < 1.29 is 0 Å². The van der Waals surface area contributed by atoms with Crippen LogP contribution in [0.15, 0.2) is 60.7 Å². The van der Waals surface area contributed by atoms with Crippen LogP contribution in [0.1, 0.15) is 5.56 Å². The summed E-state index contributed by atoms with van der Waals surface area (Å²) in [6.07, 6.45) is 0. The zero-order valence-electron chi connectivity index (χ0n) is 11.2. The summed E-state index contributed by atoms with van der Waals surface area (Å²) < 4.78 is 2.23. The highest BCUT2D eigenvalue weighted by Crippen LogP contribution is 2.37. The minimum absolute atomic E-state index is 0.748. The fourth-order valence-electron chi connectivity index (χ4n) is 3.49. The van der Waals surface area contributed by atoms with Gasteiger partial charge in [0.05, 0.1) is 22.1 Å². The van der Waals surface area contributed by atoms with Crippen LogP contribution in [0, 0.1) is 11.3 Å². The molecule has 21 heavy (non-hydrogen) atoms. The summed E-state index contributed by atoms with van der Waals surface area (Å²) in [5, 5.41) is 14.3. The van der Waals surface area contributed by atoms with Gasteiger partial charge in [0.1, 0.15) is 6.07 Å². The highest BCUT2D eigenvalue weighted by Gasteiger charge is 2.17. The van der Waals surface area contributed by atoms with Crippen LogP contribution in [-0.2, 0) is 0 Å². The number of hydrogen-bond donors (Lipinski definition) is 0. The predicted molar refractivity (Wildman–Crippen MR) is 85.8 cm³/mol. The molecule has 5 rings (SSSR count). The lowest BCUT2D eigenvalue weighted by atomic mass is 10.1. The van der Waals surface area contributed by atoms with Gasteiger partial charge in [-0.05, 0) is 17.5 Å². The molecule has 0 fully saturated rings. The van der Waals surface area contributed by atoms with Gasteiger partial charge in [0.15, 0.2) is 0 Å². The van der Waals surface area contributed by atoms with Crippen molar-refractivity contribution in [2.75, 3.05) is 0 Å². The highest BCUT2D eigenvalue weighted by molar-refractivity contribution is 6.16. The second kappa shape index (κ2) is 3.53. The molecule has 0 unspecified atom stereocenters. The van der Waals surface area contributed by atoms with Gasteiger partial charge in [0.25, 0.3) is 0 Å². The monoisotopic (exact) mass is 266 g/mol. The Labute approximate surface area is 120 Å². The zero-order valence-corrected chi connectivity index (χ0v) is 11.2. The second-order valence-electron chi connectivity index (χ2n) is 5.40. The first-order valence-corrected chi connectivity index (χ1v) is 6.95. The zero-order chi connectivity index (χ0) is 14.0. The average Bonchev–Trinajstić information content (AvgIpc) is 3.07. The molecule has 0 N–H and O–H groups in total. The molecule has 0 aliphatic carbocycles. The van der Waals surface area contributed by atoms with Crippen molar-refractivity contribution in [2.45, 2.75) is 0 Å². The largest absolute Gasteiger partial charge is 0.307 e. The molecule has 96 valence electrons. The third-order valence-corrected chi connectivity index (χ3v) is 4.35. The van der Waals surface area contributed by atoms with Crippen LogP contribution in [0.3, 0.4) is 0 Å². The number of fused-ring (bicyclic) bond motifs is 5. The standard InChI is InChI=1S/C19H10N2/c20-11-13-10-18-16-8-4-3-7-15(16)17-9-12-5-1-2-6-14(12)19(13)21(17)18/h1-10H. The first kappa shape index (κ1) is 10.7. The molecule has 3 aromatic heterocycles. The third-order valence-electron chi connectivity index (χ3n) is 4.35. The number of aromatic nitrogens is 1. The van der Waals surface area contributed by atoms with Gasteiger partial charge in [-0.25, -0.2) is 0 Å². The summed E-state index contributed by atoms with van der Waals surface area (Å²) in [5.41, 5.74) is 4.07. The molecule has 0 spiro atoms. The number of pyridine rings is 1. The predicted octanol–water partition coefficient (Wildman–Crippen LogP) is 4.71. The Morgan fingerprint density at radius 1 is 0.762 bits per heavy atom. The van der Waals surface area contributed by atoms with Gasteiger partial charge in [-0.1, -0.05) is 48.5 Å². The van der Waals surface area contributed by atoms with E-state index in [2.05, 4.69) is 52.9 Å². The van der Waals surface area contributed by atoms with Crippen molar-refractivity contribution in [3.8, 4) is 6.07 Å². The molecule has 0 saturated carbocycles. The van der Waals surface area contributed by atoms with E-state index in [1.165, 1.54) is 21.7 Å². The number of benzene rings is 2. The summed E-state index contributed by atoms with van der Waals surface area (Å²) in [6.45, 7) is 0. The van der Waals surface area contributed by atoms with Crippen LogP contribution in [0.4, 0.5) is 0 Å². The lowest BCUT2D eigenvalue weighted by molar-refractivity contribution is 1.37. The molecule has 2 heteroatoms. The maximum Gasteiger partial charge on any atom is 0.101 e. The Balaban J connectivity index is 2.26. The molecule has 0 atom stereocenters. The minimum Gasteiger partial charge on any atom is -0.307 e. The van der Waals surface area contributed by atoms with E-state index in [4.69, 9.17) is 0 Å². The quantitative estimate of drug-likeness (QED) is 0.399. The molecule has 0 bridgehead atoms.